The average molecular weight is 220 g/mol. The van der Waals surface area contributed by atoms with Crippen molar-refractivity contribution in [1.82, 2.24) is 15.0 Å². The molecular formula is C11H13FN4. The van der Waals surface area contributed by atoms with Crippen LogP contribution in [0.1, 0.15) is 11.3 Å². The average Bonchev–Trinajstić information content (AvgIpc) is 2.66. The molecular weight excluding hydrogens is 207 g/mol. The van der Waals surface area contributed by atoms with Gasteiger partial charge in [-0.25, -0.2) is 4.39 Å². The minimum atomic E-state index is -0.187. The van der Waals surface area contributed by atoms with Gasteiger partial charge in [0.2, 0.25) is 0 Å². The van der Waals surface area contributed by atoms with Crippen LogP contribution in [0.4, 0.5) is 10.1 Å². The van der Waals surface area contributed by atoms with Crippen LogP contribution in [0, 0.1) is 12.7 Å². The number of halogens is 1. The highest BCUT2D eigenvalue weighted by molar-refractivity contribution is 5.46. The number of rotatable bonds is 3. The summed E-state index contributed by atoms with van der Waals surface area (Å²) in [6.45, 7) is 2.36. The zero-order valence-electron chi connectivity index (χ0n) is 9.24. The van der Waals surface area contributed by atoms with Crippen LogP contribution in [0.5, 0.6) is 0 Å². The van der Waals surface area contributed by atoms with E-state index in [0.29, 0.717) is 12.1 Å². The Morgan fingerprint density at radius 1 is 1.44 bits per heavy atom. The fraction of sp³-hybridized carbons (Fsp3) is 0.273. The maximum Gasteiger partial charge on any atom is 0.126 e. The Balaban J connectivity index is 2.05. The molecule has 0 amide bonds. The molecule has 16 heavy (non-hydrogen) atoms. The van der Waals surface area contributed by atoms with Gasteiger partial charge in [-0.15, -0.1) is 5.10 Å². The third-order valence-corrected chi connectivity index (χ3v) is 2.44. The third-order valence-electron chi connectivity index (χ3n) is 2.44. The Labute approximate surface area is 93.1 Å². The van der Waals surface area contributed by atoms with Gasteiger partial charge in [0.25, 0.3) is 0 Å². The molecule has 0 aliphatic carbocycles. The molecule has 1 N–H and O–H groups in total. The van der Waals surface area contributed by atoms with Crippen molar-refractivity contribution in [2.24, 2.45) is 7.05 Å². The zero-order chi connectivity index (χ0) is 11.5. The minimum Gasteiger partial charge on any atom is -0.379 e. The first kappa shape index (κ1) is 10.6. The first-order valence-corrected chi connectivity index (χ1v) is 5.00. The molecule has 0 fully saturated rings. The lowest BCUT2D eigenvalue weighted by molar-refractivity contribution is 0.618. The lowest BCUT2D eigenvalue weighted by Gasteiger charge is -2.07. The summed E-state index contributed by atoms with van der Waals surface area (Å²) >= 11 is 0. The van der Waals surface area contributed by atoms with Gasteiger partial charge in [-0.3, -0.25) is 4.68 Å². The van der Waals surface area contributed by atoms with Crippen LogP contribution in [-0.4, -0.2) is 15.0 Å². The first-order valence-electron chi connectivity index (χ1n) is 5.00. The molecule has 0 atom stereocenters. The smallest absolute Gasteiger partial charge is 0.126 e. The monoisotopic (exact) mass is 220 g/mol. The molecule has 0 saturated heterocycles. The second kappa shape index (κ2) is 4.30. The molecule has 5 heteroatoms. The Morgan fingerprint density at radius 3 is 2.88 bits per heavy atom. The molecule has 0 aliphatic heterocycles. The minimum absolute atomic E-state index is 0.187. The maximum absolute atomic E-state index is 13.0. The lowest BCUT2D eigenvalue weighted by Crippen LogP contribution is -2.05. The molecule has 0 bridgehead atoms. The highest BCUT2D eigenvalue weighted by atomic mass is 19.1. The van der Waals surface area contributed by atoms with E-state index in [1.807, 2.05) is 7.05 Å². The molecule has 0 radical (unpaired) electrons. The zero-order valence-corrected chi connectivity index (χ0v) is 9.24. The van der Waals surface area contributed by atoms with E-state index in [9.17, 15) is 4.39 Å². The van der Waals surface area contributed by atoms with Gasteiger partial charge in [-0.05, 0) is 30.7 Å². The molecule has 0 unspecified atom stereocenters. The van der Waals surface area contributed by atoms with Crippen molar-refractivity contribution in [2.75, 3.05) is 5.32 Å². The van der Waals surface area contributed by atoms with Gasteiger partial charge in [0.05, 0.1) is 18.4 Å². The van der Waals surface area contributed by atoms with Crippen LogP contribution < -0.4 is 5.32 Å². The van der Waals surface area contributed by atoms with Crippen molar-refractivity contribution in [1.29, 1.82) is 0 Å². The molecule has 84 valence electrons. The summed E-state index contributed by atoms with van der Waals surface area (Å²) in [6.07, 6.45) is 1.70. The predicted molar refractivity (Wildman–Crippen MR) is 59.5 cm³/mol. The van der Waals surface area contributed by atoms with E-state index in [4.69, 9.17) is 0 Å². The number of benzene rings is 1. The van der Waals surface area contributed by atoms with Crippen LogP contribution in [0.15, 0.2) is 24.4 Å². The summed E-state index contributed by atoms with van der Waals surface area (Å²) < 4.78 is 14.7. The molecule has 0 spiro atoms. The molecule has 0 saturated carbocycles. The fourth-order valence-corrected chi connectivity index (χ4v) is 1.42. The Morgan fingerprint density at radius 2 is 2.25 bits per heavy atom. The van der Waals surface area contributed by atoms with E-state index in [1.165, 1.54) is 6.07 Å². The molecule has 4 nitrogen and oxygen atoms in total. The van der Waals surface area contributed by atoms with E-state index in [-0.39, 0.29) is 5.82 Å². The molecule has 2 rings (SSSR count). The van der Waals surface area contributed by atoms with Crippen molar-refractivity contribution < 1.29 is 4.39 Å². The summed E-state index contributed by atoms with van der Waals surface area (Å²) in [5.74, 6) is -0.187. The van der Waals surface area contributed by atoms with Gasteiger partial charge in [0, 0.05) is 12.7 Å². The van der Waals surface area contributed by atoms with Gasteiger partial charge < -0.3 is 5.32 Å². The van der Waals surface area contributed by atoms with Gasteiger partial charge >= 0.3 is 0 Å². The summed E-state index contributed by atoms with van der Waals surface area (Å²) in [4.78, 5) is 0. The fourth-order valence-electron chi connectivity index (χ4n) is 1.42. The van der Waals surface area contributed by atoms with Crippen LogP contribution >= 0.6 is 0 Å². The highest BCUT2D eigenvalue weighted by Crippen LogP contribution is 2.14. The second-order valence-corrected chi connectivity index (χ2v) is 3.67. The van der Waals surface area contributed by atoms with Gasteiger partial charge in [0.15, 0.2) is 0 Å². The summed E-state index contributed by atoms with van der Waals surface area (Å²) in [5.41, 5.74) is 2.50. The standard InChI is InChI=1S/C11H13FN4/c1-8-5-9(3-4-11(8)12)13-6-10-7-14-15-16(10)2/h3-5,7,13H,6H2,1-2H3. The first-order chi connectivity index (χ1) is 7.66. The van der Waals surface area contributed by atoms with Crippen molar-refractivity contribution >= 4 is 5.69 Å². The van der Waals surface area contributed by atoms with Crippen molar-refractivity contribution in [2.45, 2.75) is 13.5 Å². The Bertz CT molecular complexity index is 492. The Kier molecular flexibility index (Phi) is 2.85. The molecule has 1 aromatic carbocycles. The number of anilines is 1. The molecule has 1 heterocycles. The van der Waals surface area contributed by atoms with Crippen LogP contribution in [0.25, 0.3) is 0 Å². The topological polar surface area (TPSA) is 42.7 Å². The number of hydrogen-bond acceptors (Lipinski definition) is 3. The summed E-state index contributed by atoms with van der Waals surface area (Å²) in [6, 6.07) is 4.95. The molecule has 0 aliphatic rings. The van der Waals surface area contributed by atoms with Crippen molar-refractivity contribution in [3.05, 3.63) is 41.5 Å². The highest BCUT2D eigenvalue weighted by Gasteiger charge is 2.01. The van der Waals surface area contributed by atoms with Crippen molar-refractivity contribution in [3.63, 3.8) is 0 Å². The SMILES string of the molecule is Cc1cc(NCc2cnnn2C)ccc1F. The summed E-state index contributed by atoms with van der Waals surface area (Å²) in [5, 5.41) is 10.8. The third kappa shape index (κ3) is 2.18. The largest absolute Gasteiger partial charge is 0.379 e. The normalized spacial score (nSPS) is 10.4. The van der Waals surface area contributed by atoms with Crippen LogP contribution in [-0.2, 0) is 13.6 Å². The summed E-state index contributed by atoms with van der Waals surface area (Å²) in [7, 11) is 1.83. The van der Waals surface area contributed by atoms with E-state index in [1.54, 1.807) is 29.9 Å². The Hall–Kier alpha value is -1.91. The van der Waals surface area contributed by atoms with E-state index in [0.717, 1.165) is 11.4 Å². The van der Waals surface area contributed by atoms with E-state index in [2.05, 4.69) is 15.6 Å². The number of aryl methyl sites for hydroxylation is 2. The number of nitrogens with zero attached hydrogens (tertiary/aromatic N) is 3. The number of hydrogen-bond donors (Lipinski definition) is 1. The lowest BCUT2D eigenvalue weighted by atomic mass is 10.2. The number of nitrogens with one attached hydrogen (secondary N) is 1. The van der Waals surface area contributed by atoms with Crippen LogP contribution in [0.2, 0.25) is 0 Å². The van der Waals surface area contributed by atoms with Gasteiger partial charge in [0.1, 0.15) is 5.82 Å². The quantitative estimate of drug-likeness (QED) is 0.858. The molecule has 1 aromatic heterocycles. The maximum atomic E-state index is 13.0. The predicted octanol–water partition coefficient (Wildman–Crippen LogP) is 1.87. The number of aromatic nitrogens is 3. The van der Waals surface area contributed by atoms with Gasteiger partial charge in [-0.2, -0.15) is 0 Å². The molecule has 2 aromatic rings. The van der Waals surface area contributed by atoms with Gasteiger partial charge in [-0.1, -0.05) is 5.21 Å². The van der Waals surface area contributed by atoms with Crippen LogP contribution in [0.3, 0.4) is 0 Å². The van der Waals surface area contributed by atoms with Crippen molar-refractivity contribution in [3.8, 4) is 0 Å². The second-order valence-electron chi connectivity index (χ2n) is 3.67. The van der Waals surface area contributed by atoms with E-state index < -0.39 is 0 Å². The van der Waals surface area contributed by atoms with E-state index >= 15 is 0 Å².